The Balaban J connectivity index is 0.000000164. The number of nitrogens with zero attached hydrogens (tertiary/aromatic N) is 4. The first-order valence-electron chi connectivity index (χ1n) is 33.1. The van der Waals surface area contributed by atoms with Crippen LogP contribution in [0.5, 0.6) is 0 Å². The minimum absolute atomic E-state index is 0.534. The molecule has 2 atom stereocenters. The van der Waals surface area contributed by atoms with Crippen molar-refractivity contribution in [2.75, 3.05) is 19.6 Å². The Morgan fingerprint density at radius 2 is 0.457 bits per heavy atom. The fraction of sp³-hybridized carbons (Fsp3) is 0.0889. The molecule has 0 heterocycles. The molecule has 15 aromatic carbocycles. The van der Waals surface area contributed by atoms with Crippen molar-refractivity contribution in [3.8, 4) is 11.1 Å². The van der Waals surface area contributed by atoms with Gasteiger partial charge in [0.1, 0.15) is 0 Å². The third kappa shape index (κ3) is 12.2. The largest absolute Gasteiger partial charge is 0.311 e. The lowest BCUT2D eigenvalue weighted by Gasteiger charge is -2.30. The SMILES string of the molecule is CCC(C)c1ccc(N(c2ccccc2)c2ccc(N(c3ccccc3)c3c4ccccc4c(-c4ccccc4)c4ccccc34)cc2)cc1.CCC(C)c1ccc(N(c2ccccc2)c2ccc(N(c3ccccc3)c3c4ccccc4cc4ccccc34)cc2)cc1. The third-order valence-corrected chi connectivity index (χ3v) is 18.6. The van der Waals surface area contributed by atoms with Gasteiger partial charge in [0.05, 0.1) is 11.4 Å². The molecule has 4 heteroatoms. The zero-order valence-electron chi connectivity index (χ0n) is 53.8. The van der Waals surface area contributed by atoms with Gasteiger partial charge in [-0.3, -0.25) is 0 Å². The van der Waals surface area contributed by atoms with Gasteiger partial charge in [-0.05, 0) is 196 Å². The normalized spacial score (nSPS) is 11.8. The summed E-state index contributed by atoms with van der Waals surface area (Å²) >= 11 is 0. The van der Waals surface area contributed by atoms with Gasteiger partial charge >= 0.3 is 0 Å². The van der Waals surface area contributed by atoms with Gasteiger partial charge in [-0.1, -0.05) is 252 Å². The van der Waals surface area contributed by atoms with Crippen molar-refractivity contribution in [2.45, 2.75) is 52.4 Å². The van der Waals surface area contributed by atoms with Gasteiger partial charge in [-0.15, -0.1) is 0 Å². The Morgan fingerprint density at radius 3 is 0.787 bits per heavy atom. The number of rotatable bonds is 17. The molecule has 0 saturated carbocycles. The van der Waals surface area contributed by atoms with Crippen LogP contribution in [0.1, 0.15) is 63.5 Å². The summed E-state index contributed by atoms with van der Waals surface area (Å²) in [5.41, 5.74) is 18.8. The Hall–Kier alpha value is -11.5. The van der Waals surface area contributed by atoms with Gasteiger partial charge in [0.15, 0.2) is 0 Å². The maximum atomic E-state index is 2.43. The maximum Gasteiger partial charge on any atom is 0.0618 e. The molecule has 0 radical (unpaired) electrons. The van der Waals surface area contributed by atoms with Gasteiger partial charge in [-0.25, -0.2) is 0 Å². The van der Waals surface area contributed by atoms with Crippen LogP contribution in [0.25, 0.3) is 54.2 Å². The third-order valence-electron chi connectivity index (χ3n) is 18.6. The topological polar surface area (TPSA) is 13.0 Å². The predicted octanol–water partition coefficient (Wildman–Crippen LogP) is 26.6. The zero-order valence-corrected chi connectivity index (χ0v) is 53.8. The molecule has 0 N–H and O–H groups in total. The van der Waals surface area contributed by atoms with Gasteiger partial charge < -0.3 is 19.6 Å². The molecule has 456 valence electrons. The van der Waals surface area contributed by atoms with Crippen LogP contribution in [0.3, 0.4) is 0 Å². The van der Waals surface area contributed by atoms with Crippen LogP contribution in [0.15, 0.2) is 352 Å². The van der Waals surface area contributed by atoms with Crippen LogP contribution < -0.4 is 19.6 Å². The van der Waals surface area contributed by atoms with E-state index >= 15 is 0 Å². The van der Waals surface area contributed by atoms with Crippen LogP contribution in [0.2, 0.25) is 0 Å². The van der Waals surface area contributed by atoms with E-state index in [4.69, 9.17) is 0 Å². The second-order valence-electron chi connectivity index (χ2n) is 24.4. The summed E-state index contributed by atoms with van der Waals surface area (Å²) in [5.74, 6) is 1.08. The van der Waals surface area contributed by atoms with Crippen LogP contribution in [0.4, 0.5) is 68.2 Å². The van der Waals surface area contributed by atoms with Crippen LogP contribution in [-0.4, -0.2) is 0 Å². The molecule has 2 unspecified atom stereocenters. The first kappa shape index (κ1) is 60.1. The van der Waals surface area contributed by atoms with E-state index in [1.807, 2.05) is 0 Å². The molecular weight excluding hydrogens is 1140 g/mol. The average molecular weight is 1210 g/mol. The summed E-state index contributed by atoms with van der Waals surface area (Å²) in [6, 6.07) is 127. The van der Waals surface area contributed by atoms with Crippen molar-refractivity contribution in [3.05, 3.63) is 363 Å². The molecule has 0 fully saturated rings. The quantitative estimate of drug-likeness (QED) is 0.0843. The van der Waals surface area contributed by atoms with Gasteiger partial charge in [0.25, 0.3) is 0 Å². The molecular formula is C90H76N4. The van der Waals surface area contributed by atoms with Crippen LogP contribution >= 0.6 is 0 Å². The highest BCUT2D eigenvalue weighted by Crippen LogP contribution is 2.50. The summed E-state index contributed by atoms with van der Waals surface area (Å²) < 4.78 is 0. The first-order valence-corrected chi connectivity index (χ1v) is 33.1. The van der Waals surface area contributed by atoms with E-state index < -0.39 is 0 Å². The Kier molecular flexibility index (Phi) is 17.6. The lowest BCUT2D eigenvalue weighted by atomic mass is 9.90. The second-order valence-corrected chi connectivity index (χ2v) is 24.4. The molecule has 0 aliphatic carbocycles. The van der Waals surface area contributed by atoms with Crippen molar-refractivity contribution >= 4 is 111 Å². The molecule has 0 aromatic heterocycles. The average Bonchev–Trinajstić information content (AvgIpc) is 0.743. The summed E-state index contributed by atoms with van der Waals surface area (Å²) in [6.45, 7) is 9.08. The van der Waals surface area contributed by atoms with E-state index in [9.17, 15) is 0 Å². The smallest absolute Gasteiger partial charge is 0.0618 e. The van der Waals surface area contributed by atoms with E-state index in [0.717, 1.165) is 69.7 Å². The number of anilines is 12. The summed E-state index contributed by atoms with van der Waals surface area (Å²) in [7, 11) is 0. The van der Waals surface area contributed by atoms with Gasteiger partial charge in [0, 0.05) is 78.4 Å². The van der Waals surface area contributed by atoms with E-state index in [1.165, 1.54) is 76.7 Å². The highest BCUT2D eigenvalue weighted by molar-refractivity contribution is 6.22. The first-order chi connectivity index (χ1) is 46.4. The van der Waals surface area contributed by atoms with Gasteiger partial charge in [-0.2, -0.15) is 0 Å². The van der Waals surface area contributed by atoms with Crippen LogP contribution in [0, 0.1) is 0 Å². The van der Waals surface area contributed by atoms with E-state index in [-0.39, 0.29) is 0 Å². The molecule has 0 aliphatic rings. The minimum Gasteiger partial charge on any atom is -0.311 e. The maximum absolute atomic E-state index is 2.43. The molecule has 94 heavy (non-hydrogen) atoms. The fourth-order valence-electron chi connectivity index (χ4n) is 13.4. The monoisotopic (exact) mass is 1210 g/mol. The summed E-state index contributed by atoms with van der Waals surface area (Å²) in [6.07, 6.45) is 2.26. The molecule has 0 bridgehead atoms. The zero-order chi connectivity index (χ0) is 63.7. The summed E-state index contributed by atoms with van der Waals surface area (Å²) in [4.78, 5) is 9.51. The van der Waals surface area contributed by atoms with Crippen LogP contribution in [-0.2, 0) is 0 Å². The number of hydrogen-bond donors (Lipinski definition) is 0. The van der Waals surface area contributed by atoms with Gasteiger partial charge in [0.2, 0.25) is 0 Å². The Morgan fingerprint density at radius 1 is 0.223 bits per heavy atom. The van der Waals surface area contributed by atoms with Crippen molar-refractivity contribution in [1.29, 1.82) is 0 Å². The lowest BCUT2D eigenvalue weighted by molar-refractivity contribution is 0.733. The molecule has 15 rings (SSSR count). The minimum atomic E-state index is 0.534. The summed E-state index contributed by atoms with van der Waals surface area (Å²) in [5, 5.41) is 9.82. The predicted molar refractivity (Wildman–Crippen MR) is 404 cm³/mol. The Bertz CT molecular complexity index is 4870. The standard InChI is InChI=1S/C48H40N2.C42H36N2/c1-3-35(2)36-27-29-40(30-28-36)49(38-19-9-5-10-20-38)41-31-33-42(34-32-41)50(39-21-11-6-12-22-39)48-45-25-15-13-23-43(45)47(37-17-7-4-8-18-37)44-24-14-16-26-46(44)48;1-3-31(2)32-22-24-37(25-23-32)43(35-16-6-4-7-17-35)38-26-28-39(29-27-38)44(36-18-8-5-9-19-36)42-40-20-12-10-14-33(40)30-34-15-11-13-21-41(34)42/h4-35H,3H2,1-2H3;4-31H,3H2,1-2H3. The molecule has 15 aromatic rings. The molecule has 0 amide bonds. The molecule has 0 spiro atoms. The lowest BCUT2D eigenvalue weighted by Crippen LogP contribution is -2.13. The number of hydrogen-bond acceptors (Lipinski definition) is 4. The highest BCUT2D eigenvalue weighted by Gasteiger charge is 2.24. The number of para-hydroxylation sites is 4. The number of benzene rings is 15. The Labute approximate surface area is 554 Å². The van der Waals surface area contributed by atoms with E-state index in [2.05, 4.69) is 399 Å². The van der Waals surface area contributed by atoms with Crippen molar-refractivity contribution in [1.82, 2.24) is 0 Å². The molecule has 0 aliphatic heterocycles. The van der Waals surface area contributed by atoms with Crippen molar-refractivity contribution in [3.63, 3.8) is 0 Å². The second kappa shape index (κ2) is 27.6. The fourth-order valence-corrected chi connectivity index (χ4v) is 13.4. The van der Waals surface area contributed by atoms with E-state index in [1.54, 1.807) is 0 Å². The molecule has 0 saturated heterocycles. The van der Waals surface area contributed by atoms with E-state index in [0.29, 0.717) is 11.8 Å². The number of fused-ring (bicyclic) bond motifs is 4. The molecule has 4 nitrogen and oxygen atoms in total. The van der Waals surface area contributed by atoms with Crippen molar-refractivity contribution in [2.24, 2.45) is 0 Å². The highest BCUT2D eigenvalue weighted by atomic mass is 15.2. The van der Waals surface area contributed by atoms with Crippen molar-refractivity contribution < 1.29 is 0 Å².